The average Bonchev–Trinajstić information content (AvgIpc) is 3.44. The molecule has 0 unspecified atom stereocenters. The Hall–Kier alpha value is -3.93. The van der Waals surface area contributed by atoms with Crippen LogP contribution in [0.5, 0.6) is 11.5 Å². The maximum atomic E-state index is 12.8. The van der Waals surface area contributed by atoms with Crippen LogP contribution in [0.25, 0.3) is 17.1 Å². The molecule has 34 heavy (non-hydrogen) atoms. The molecule has 0 saturated heterocycles. The Bertz CT molecular complexity index is 1330. The molecule has 0 spiro atoms. The summed E-state index contributed by atoms with van der Waals surface area (Å²) in [4.78, 5) is 21.1. The molecule has 176 valence electrons. The number of methoxy groups -OCH3 is 2. The van der Waals surface area contributed by atoms with Crippen LogP contribution in [-0.4, -0.2) is 39.9 Å². The number of thiazole rings is 1. The molecule has 0 radical (unpaired) electrons. The largest absolute Gasteiger partial charge is 0.493 e. The third-order valence-corrected chi connectivity index (χ3v) is 5.71. The van der Waals surface area contributed by atoms with Gasteiger partial charge >= 0.3 is 6.18 Å². The predicted octanol–water partition coefficient (Wildman–Crippen LogP) is 4.99. The first-order valence-electron chi connectivity index (χ1n) is 9.78. The molecule has 1 aromatic carbocycles. The Balaban J connectivity index is 1.51. The molecule has 4 rings (SSSR count). The zero-order chi connectivity index (χ0) is 24.5. The number of carbonyl (C=O) groups is 1. The molecule has 8 nitrogen and oxygen atoms in total. The van der Waals surface area contributed by atoms with E-state index in [-0.39, 0.29) is 11.4 Å². The number of anilines is 1. The lowest BCUT2D eigenvalue weighted by Gasteiger charge is -2.08. The fourth-order valence-corrected chi connectivity index (χ4v) is 3.88. The van der Waals surface area contributed by atoms with Crippen LogP contribution in [0.3, 0.4) is 0 Å². The summed E-state index contributed by atoms with van der Waals surface area (Å²) in [5.74, 6) is 0.849. The summed E-state index contributed by atoms with van der Waals surface area (Å²) in [5.41, 5.74) is 1.22. The lowest BCUT2D eigenvalue weighted by molar-refractivity contribution is -0.137. The summed E-state index contributed by atoms with van der Waals surface area (Å²) < 4.78 is 50.2. The average molecular weight is 489 g/mol. The van der Waals surface area contributed by atoms with Crippen molar-refractivity contribution in [2.24, 2.45) is 0 Å². The highest BCUT2D eigenvalue weighted by Gasteiger charge is 2.31. The van der Waals surface area contributed by atoms with Gasteiger partial charge < -0.3 is 9.47 Å². The first kappa shape index (κ1) is 23.2. The fraction of sp³-hybridized carbons (Fsp3) is 0.182. The van der Waals surface area contributed by atoms with E-state index >= 15 is 0 Å². The number of halogens is 3. The van der Waals surface area contributed by atoms with Gasteiger partial charge in [-0.2, -0.15) is 18.3 Å². The topological polar surface area (TPSA) is 91.2 Å². The van der Waals surface area contributed by atoms with Crippen molar-refractivity contribution in [3.63, 3.8) is 0 Å². The minimum absolute atomic E-state index is 0.162. The molecule has 3 heterocycles. The fourth-order valence-electron chi connectivity index (χ4n) is 3.17. The third-order valence-electron chi connectivity index (χ3n) is 4.95. The number of rotatable bonds is 6. The molecule has 4 aromatic rings. The van der Waals surface area contributed by atoms with Crippen molar-refractivity contribution < 1.29 is 27.4 Å². The molecule has 0 bridgehead atoms. The van der Waals surface area contributed by atoms with Gasteiger partial charge in [-0.3, -0.25) is 10.1 Å². The highest BCUT2D eigenvalue weighted by molar-refractivity contribution is 7.14. The monoisotopic (exact) mass is 489 g/mol. The number of hydrogen-bond acceptors (Lipinski definition) is 7. The van der Waals surface area contributed by atoms with Gasteiger partial charge in [0.05, 0.1) is 42.9 Å². The van der Waals surface area contributed by atoms with Gasteiger partial charge in [0.15, 0.2) is 22.4 Å². The summed E-state index contributed by atoms with van der Waals surface area (Å²) in [6, 6.07) is 7.48. The number of carbonyl (C=O) groups excluding carboxylic acids is 1. The van der Waals surface area contributed by atoms with E-state index in [4.69, 9.17) is 9.47 Å². The number of benzene rings is 1. The molecule has 0 aliphatic heterocycles. The number of ether oxygens (including phenoxy) is 2. The first-order valence-corrected chi connectivity index (χ1v) is 10.7. The molecular formula is C22H18F3N5O3S. The van der Waals surface area contributed by atoms with Gasteiger partial charge in [-0.1, -0.05) is 0 Å². The first-order chi connectivity index (χ1) is 16.2. The zero-order valence-electron chi connectivity index (χ0n) is 18.2. The number of nitrogens with zero attached hydrogens (tertiary/aromatic N) is 4. The molecule has 3 aromatic heterocycles. The van der Waals surface area contributed by atoms with Crippen molar-refractivity contribution in [1.82, 2.24) is 19.7 Å². The van der Waals surface area contributed by atoms with E-state index in [0.717, 1.165) is 17.8 Å². The van der Waals surface area contributed by atoms with Crippen LogP contribution in [0.2, 0.25) is 0 Å². The smallest absolute Gasteiger partial charge is 0.417 e. The van der Waals surface area contributed by atoms with Crippen LogP contribution in [0, 0.1) is 6.92 Å². The van der Waals surface area contributed by atoms with Crippen LogP contribution in [0.1, 0.15) is 21.6 Å². The minimum atomic E-state index is -4.49. The maximum Gasteiger partial charge on any atom is 0.417 e. The third kappa shape index (κ3) is 4.57. The van der Waals surface area contributed by atoms with E-state index in [9.17, 15) is 18.0 Å². The summed E-state index contributed by atoms with van der Waals surface area (Å²) in [6.45, 7) is 1.62. The number of hydrogen-bond donors (Lipinski definition) is 1. The molecular weight excluding hydrogens is 471 g/mol. The van der Waals surface area contributed by atoms with Crippen molar-refractivity contribution in [3.8, 4) is 28.6 Å². The van der Waals surface area contributed by atoms with Crippen molar-refractivity contribution in [2.75, 3.05) is 19.5 Å². The quantitative estimate of drug-likeness (QED) is 0.411. The lowest BCUT2D eigenvalue weighted by atomic mass is 10.1. The molecule has 0 fully saturated rings. The molecule has 1 N–H and O–H groups in total. The minimum Gasteiger partial charge on any atom is -0.493 e. The molecule has 0 aliphatic carbocycles. The molecule has 1 amide bonds. The lowest BCUT2D eigenvalue weighted by Crippen LogP contribution is -2.13. The van der Waals surface area contributed by atoms with Crippen LogP contribution in [0.4, 0.5) is 18.3 Å². The van der Waals surface area contributed by atoms with E-state index in [1.54, 1.807) is 31.5 Å². The highest BCUT2D eigenvalue weighted by atomic mass is 32.1. The van der Waals surface area contributed by atoms with E-state index in [1.807, 2.05) is 6.07 Å². The molecule has 0 atom stereocenters. The SMILES string of the molecule is COc1ccc(-c2csc(NC(=O)c3cnn(-c4ccc(C(F)(F)F)cn4)c3C)n2)cc1OC. The normalized spacial score (nSPS) is 11.4. The van der Waals surface area contributed by atoms with Crippen LogP contribution in [0.15, 0.2) is 48.1 Å². The van der Waals surface area contributed by atoms with Crippen LogP contribution >= 0.6 is 11.3 Å². The standard InChI is InChI=1S/C22H18F3N5O3S/c1-12-15(10-27-30(12)19-7-5-14(9-26-19)22(23,24)25)20(31)29-21-28-16(11-34-21)13-4-6-17(32-2)18(8-13)33-3/h4-11H,1-3H3,(H,28,29,31). The Labute approximate surface area is 196 Å². The van der Waals surface area contributed by atoms with Gasteiger partial charge in [0.1, 0.15) is 0 Å². The summed E-state index contributed by atoms with van der Waals surface area (Å²) >= 11 is 1.24. The zero-order valence-corrected chi connectivity index (χ0v) is 19.0. The summed E-state index contributed by atoms with van der Waals surface area (Å²) in [7, 11) is 3.09. The van der Waals surface area contributed by atoms with Gasteiger partial charge in [-0.05, 0) is 37.3 Å². The van der Waals surface area contributed by atoms with Crippen LogP contribution < -0.4 is 14.8 Å². The Kier molecular flexibility index (Phi) is 6.24. The Morgan fingerprint density at radius 1 is 1.09 bits per heavy atom. The number of alkyl halides is 3. The van der Waals surface area contributed by atoms with Gasteiger partial charge in [0.2, 0.25) is 0 Å². The van der Waals surface area contributed by atoms with Gasteiger partial charge in [0.25, 0.3) is 5.91 Å². The van der Waals surface area contributed by atoms with Gasteiger partial charge in [0, 0.05) is 17.1 Å². The van der Waals surface area contributed by atoms with Crippen molar-refractivity contribution in [2.45, 2.75) is 13.1 Å². The van der Waals surface area contributed by atoms with Crippen molar-refractivity contribution in [3.05, 3.63) is 64.9 Å². The Morgan fingerprint density at radius 3 is 2.50 bits per heavy atom. The Morgan fingerprint density at radius 2 is 1.85 bits per heavy atom. The molecule has 0 saturated carbocycles. The van der Waals surface area contributed by atoms with E-state index in [1.165, 1.54) is 35.4 Å². The number of nitrogens with one attached hydrogen (secondary N) is 1. The summed E-state index contributed by atoms with van der Waals surface area (Å²) in [6.07, 6.45) is -2.44. The van der Waals surface area contributed by atoms with Crippen molar-refractivity contribution in [1.29, 1.82) is 0 Å². The second-order valence-corrected chi connectivity index (χ2v) is 7.88. The second kappa shape index (κ2) is 9.14. The van der Waals surface area contributed by atoms with E-state index < -0.39 is 17.6 Å². The second-order valence-electron chi connectivity index (χ2n) is 7.02. The highest BCUT2D eigenvalue weighted by Crippen LogP contribution is 2.34. The maximum absolute atomic E-state index is 12.8. The van der Waals surface area contributed by atoms with E-state index in [2.05, 4.69) is 20.4 Å². The van der Waals surface area contributed by atoms with Gasteiger partial charge in [-0.25, -0.2) is 14.6 Å². The molecule has 0 aliphatic rings. The van der Waals surface area contributed by atoms with Crippen molar-refractivity contribution >= 4 is 22.4 Å². The van der Waals surface area contributed by atoms with Gasteiger partial charge in [-0.15, -0.1) is 11.3 Å². The number of amides is 1. The predicted molar refractivity (Wildman–Crippen MR) is 120 cm³/mol. The number of aromatic nitrogens is 4. The number of pyridine rings is 1. The van der Waals surface area contributed by atoms with E-state index in [0.29, 0.717) is 28.0 Å². The van der Waals surface area contributed by atoms with Crippen LogP contribution in [-0.2, 0) is 6.18 Å². The molecule has 12 heteroatoms. The summed E-state index contributed by atoms with van der Waals surface area (Å²) in [5, 5.41) is 8.98.